The lowest BCUT2D eigenvalue weighted by Crippen LogP contribution is -2.30. The van der Waals surface area contributed by atoms with Crippen molar-refractivity contribution < 1.29 is 9.47 Å². The average Bonchev–Trinajstić information content (AvgIpc) is 2.62. The Morgan fingerprint density at radius 3 is 2.42 bits per heavy atom. The molecule has 3 rings (SSSR count). The van der Waals surface area contributed by atoms with Crippen molar-refractivity contribution >= 4 is 17.3 Å². The maximum atomic E-state index is 5.35. The van der Waals surface area contributed by atoms with Gasteiger partial charge in [0.1, 0.15) is 17.5 Å². The Bertz CT molecular complexity index is 699. The van der Waals surface area contributed by atoms with Crippen LogP contribution in [0.1, 0.15) is 25.1 Å². The van der Waals surface area contributed by atoms with Gasteiger partial charge in [0.15, 0.2) is 11.5 Å². The topological polar surface area (TPSA) is 59.5 Å². The molecule has 6 nitrogen and oxygen atoms in total. The summed E-state index contributed by atoms with van der Waals surface area (Å²) < 4.78 is 10.6. The molecule has 1 N–H and O–H groups in total. The molecule has 0 radical (unpaired) electrons. The quantitative estimate of drug-likeness (QED) is 0.906. The molecule has 1 saturated heterocycles. The van der Waals surface area contributed by atoms with Crippen LogP contribution in [0.3, 0.4) is 0 Å². The van der Waals surface area contributed by atoms with Gasteiger partial charge < -0.3 is 19.7 Å². The number of aromatic nitrogens is 2. The Labute approximate surface area is 142 Å². The number of piperidine rings is 1. The number of hydrogen-bond donors (Lipinski definition) is 1. The van der Waals surface area contributed by atoms with E-state index in [0.717, 1.165) is 36.2 Å². The van der Waals surface area contributed by atoms with Gasteiger partial charge in [-0.1, -0.05) is 0 Å². The van der Waals surface area contributed by atoms with Crippen LogP contribution in [0.25, 0.3) is 0 Å². The highest BCUT2D eigenvalue weighted by Gasteiger charge is 2.14. The van der Waals surface area contributed by atoms with Gasteiger partial charge in [-0.3, -0.25) is 0 Å². The zero-order chi connectivity index (χ0) is 16.9. The number of ether oxygens (including phenoxy) is 2. The zero-order valence-corrected chi connectivity index (χ0v) is 14.5. The molecule has 1 fully saturated rings. The van der Waals surface area contributed by atoms with E-state index in [-0.39, 0.29) is 0 Å². The molecule has 1 aromatic heterocycles. The molecule has 0 spiro atoms. The van der Waals surface area contributed by atoms with Gasteiger partial charge in [0.25, 0.3) is 0 Å². The number of methoxy groups -OCH3 is 2. The average molecular weight is 328 g/mol. The lowest BCUT2D eigenvalue weighted by Gasteiger charge is -2.28. The molecule has 1 aromatic carbocycles. The van der Waals surface area contributed by atoms with Gasteiger partial charge in [-0.2, -0.15) is 0 Å². The summed E-state index contributed by atoms with van der Waals surface area (Å²) in [5.41, 5.74) is 0.898. The summed E-state index contributed by atoms with van der Waals surface area (Å²) in [4.78, 5) is 11.4. The lowest BCUT2D eigenvalue weighted by molar-refractivity contribution is 0.355. The monoisotopic (exact) mass is 328 g/mol. The maximum Gasteiger partial charge on any atom is 0.162 e. The predicted molar refractivity (Wildman–Crippen MR) is 95.7 cm³/mol. The molecular formula is C18H24N4O2. The molecular weight excluding hydrogens is 304 g/mol. The molecule has 2 aromatic rings. The second kappa shape index (κ2) is 7.38. The second-order valence-corrected chi connectivity index (χ2v) is 5.90. The van der Waals surface area contributed by atoms with Gasteiger partial charge in [0, 0.05) is 30.9 Å². The van der Waals surface area contributed by atoms with E-state index in [1.165, 1.54) is 19.3 Å². The number of nitrogens with one attached hydrogen (secondary N) is 1. The van der Waals surface area contributed by atoms with Crippen molar-refractivity contribution in [1.29, 1.82) is 0 Å². The van der Waals surface area contributed by atoms with Gasteiger partial charge in [-0.05, 0) is 38.3 Å². The van der Waals surface area contributed by atoms with Crippen LogP contribution in [0, 0.1) is 6.92 Å². The van der Waals surface area contributed by atoms with Crippen LogP contribution in [0.5, 0.6) is 11.5 Å². The van der Waals surface area contributed by atoms with Crippen molar-refractivity contribution in [1.82, 2.24) is 9.97 Å². The van der Waals surface area contributed by atoms with Gasteiger partial charge in [0.05, 0.1) is 14.2 Å². The van der Waals surface area contributed by atoms with E-state index in [4.69, 9.17) is 9.47 Å². The molecule has 0 amide bonds. The van der Waals surface area contributed by atoms with E-state index in [1.807, 2.05) is 31.2 Å². The third kappa shape index (κ3) is 3.69. The molecule has 0 atom stereocenters. The van der Waals surface area contributed by atoms with Gasteiger partial charge >= 0.3 is 0 Å². The summed E-state index contributed by atoms with van der Waals surface area (Å²) >= 11 is 0. The molecule has 128 valence electrons. The third-order valence-corrected chi connectivity index (χ3v) is 4.16. The molecule has 2 heterocycles. The summed E-state index contributed by atoms with van der Waals surface area (Å²) in [6.07, 6.45) is 3.75. The van der Waals surface area contributed by atoms with E-state index in [9.17, 15) is 0 Å². The van der Waals surface area contributed by atoms with Crippen LogP contribution >= 0.6 is 0 Å². The van der Waals surface area contributed by atoms with Crippen LogP contribution in [0.2, 0.25) is 0 Å². The maximum absolute atomic E-state index is 5.35. The fourth-order valence-corrected chi connectivity index (χ4v) is 2.96. The first kappa shape index (κ1) is 16.4. The highest BCUT2D eigenvalue weighted by molar-refractivity contribution is 5.63. The van der Waals surface area contributed by atoms with E-state index in [0.29, 0.717) is 11.5 Å². The van der Waals surface area contributed by atoms with Crippen molar-refractivity contribution in [3.05, 3.63) is 30.1 Å². The van der Waals surface area contributed by atoms with Crippen LogP contribution in [0.4, 0.5) is 17.3 Å². The summed E-state index contributed by atoms with van der Waals surface area (Å²) in [5, 5.41) is 3.34. The first-order valence-corrected chi connectivity index (χ1v) is 8.29. The van der Waals surface area contributed by atoms with Crippen LogP contribution in [-0.4, -0.2) is 37.3 Å². The smallest absolute Gasteiger partial charge is 0.162 e. The molecule has 1 aliphatic rings. The fraction of sp³-hybridized carbons (Fsp3) is 0.444. The van der Waals surface area contributed by atoms with Crippen molar-refractivity contribution in [2.45, 2.75) is 26.2 Å². The number of benzene rings is 1. The summed E-state index contributed by atoms with van der Waals surface area (Å²) in [6, 6.07) is 7.73. The van der Waals surface area contributed by atoms with E-state index in [1.54, 1.807) is 14.2 Å². The SMILES string of the molecule is COc1ccc(Nc2cc(N3CCCCC3)nc(C)n2)cc1OC. The highest BCUT2D eigenvalue weighted by Crippen LogP contribution is 2.31. The van der Waals surface area contributed by atoms with Gasteiger partial charge in [-0.15, -0.1) is 0 Å². The third-order valence-electron chi connectivity index (χ3n) is 4.16. The van der Waals surface area contributed by atoms with Gasteiger partial charge in [0.2, 0.25) is 0 Å². The highest BCUT2D eigenvalue weighted by atomic mass is 16.5. The molecule has 0 aliphatic carbocycles. The number of anilines is 3. The normalized spacial score (nSPS) is 14.4. The molecule has 0 saturated carbocycles. The van der Waals surface area contributed by atoms with Crippen molar-refractivity contribution in [2.24, 2.45) is 0 Å². The summed E-state index contributed by atoms with van der Waals surface area (Å²) in [5.74, 6) is 3.93. The Morgan fingerprint density at radius 2 is 1.71 bits per heavy atom. The van der Waals surface area contributed by atoms with Crippen LogP contribution < -0.4 is 19.7 Å². The Morgan fingerprint density at radius 1 is 0.958 bits per heavy atom. The minimum Gasteiger partial charge on any atom is -0.493 e. The molecule has 24 heavy (non-hydrogen) atoms. The summed E-state index contributed by atoms with van der Waals surface area (Å²) in [7, 11) is 3.26. The minimum atomic E-state index is 0.685. The number of aryl methyl sites for hydroxylation is 1. The van der Waals surface area contributed by atoms with Crippen molar-refractivity contribution in [3.63, 3.8) is 0 Å². The molecule has 0 unspecified atom stereocenters. The standard InChI is InChI=1S/C18H24N4O2/c1-13-19-17(12-18(20-13)22-9-5-4-6-10-22)21-14-7-8-15(23-2)16(11-14)24-3/h7-8,11-12H,4-6,9-10H2,1-3H3,(H,19,20,21). The van der Waals surface area contributed by atoms with Crippen LogP contribution in [-0.2, 0) is 0 Å². The Hall–Kier alpha value is -2.50. The second-order valence-electron chi connectivity index (χ2n) is 5.90. The molecule has 6 heteroatoms. The van der Waals surface area contributed by atoms with E-state index >= 15 is 0 Å². The number of rotatable bonds is 5. The largest absolute Gasteiger partial charge is 0.493 e. The number of nitrogens with zero attached hydrogens (tertiary/aromatic N) is 3. The van der Waals surface area contributed by atoms with Gasteiger partial charge in [-0.25, -0.2) is 9.97 Å². The molecule has 0 bridgehead atoms. The zero-order valence-electron chi connectivity index (χ0n) is 14.5. The summed E-state index contributed by atoms with van der Waals surface area (Å²) in [6.45, 7) is 4.05. The first-order chi connectivity index (χ1) is 11.7. The predicted octanol–water partition coefficient (Wildman–Crippen LogP) is 3.54. The van der Waals surface area contributed by atoms with Crippen LogP contribution in [0.15, 0.2) is 24.3 Å². The van der Waals surface area contributed by atoms with Crippen molar-refractivity contribution in [3.8, 4) is 11.5 Å². The molecule has 1 aliphatic heterocycles. The number of hydrogen-bond acceptors (Lipinski definition) is 6. The minimum absolute atomic E-state index is 0.685. The first-order valence-electron chi connectivity index (χ1n) is 8.29. The Balaban J connectivity index is 1.83. The van der Waals surface area contributed by atoms with Crippen molar-refractivity contribution in [2.75, 3.05) is 37.5 Å². The fourth-order valence-electron chi connectivity index (χ4n) is 2.96. The Kier molecular flexibility index (Phi) is 5.03. The van der Waals surface area contributed by atoms with E-state index < -0.39 is 0 Å². The van der Waals surface area contributed by atoms with E-state index in [2.05, 4.69) is 20.2 Å². The lowest BCUT2D eigenvalue weighted by atomic mass is 10.1.